The normalized spacial score (nSPS) is 19.5. The zero-order valence-electron chi connectivity index (χ0n) is 22.3. The number of carbonyl (C=O) groups is 1. The topological polar surface area (TPSA) is 72.9 Å². The molecule has 2 aliphatic rings. The number of carbonyl (C=O) groups excluding carboxylic acids is 1. The summed E-state index contributed by atoms with van der Waals surface area (Å²) in [6.07, 6.45) is 9.74. The average Bonchev–Trinajstić information content (AvgIpc) is 2.89. The Hall–Kier alpha value is -2.38. The summed E-state index contributed by atoms with van der Waals surface area (Å²) in [5.41, 5.74) is 1.04. The number of likely N-dealkylation sites (tertiary alicyclic amines) is 1. The van der Waals surface area contributed by atoms with Crippen molar-refractivity contribution in [2.45, 2.75) is 77.3 Å². The number of aromatic nitrogens is 1. The van der Waals surface area contributed by atoms with Gasteiger partial charge in [0.05, 0.1) is 13.2 Å². The third-order valence-corrected chi connectivity index (χ3v) is 7.57. The lowest BCUT2D eigenvalue weighted by molar-refractivity contribution is 0.0881. The number of nitrogens with zero attached hydrogens (tertiary/aromatic N) is 2. The Labute approximate surface area is 215 Å². The number of piperidine rings is 1. The highest BCUT2D eigenvalue weighted by molar-refractivity contribution is 5.98. The van der Waals surface area contributed by atoms with E-state index in [1.165, 1.54) is 32.1 Å². The lowest BCUT2D eigenvalue weighted by atomic mass is 9.87. The predicted molar refractivity (Wildman–Crippen MR) is 143 cm³/mol. The van der Waals surface area contributed by atoms with E-state index in [0.29, 0.717) is 48.6 Å². The first kappa shape index (κ1) is 26.7. The number of fused-ring (bicyclic) bond motifs is 1. The fraction of sp³-hybridized carbons (Fsp3) is 0.655. The molecule has 198 valence electrons. The molecule has 7 nitrogen and oxygen atoms in total. The number of para-hydroxylation sites is 1. The fourth-order valence-corrected chi connectivity index (χ4v) is 5.44. The molecule has 4 rings (SSSR count). The van der Waals surface area contributed by atoms with Crippen molar-refractivity contribution in [3.8, 4) is 11.5 Å². The van der Waals surface area contributed by atoms with Crippen LogP contribution in [-0.4, -0.2) is 67.9 Å². The largest absolute Gasteiger partial charge is 0.491 e. The van der Waals surface area contributed by atoms with Crippen LogP contribution < -0.4 is 14.8 Å². The molecule has 2 fully saturated rings. The molecule has 7 heteroatoms. The zero-order valence-corrected chi connectivity index (χ0v) is 22.3. The highest BCUT2D eigenvalue weighted by atomic mass is 16.5. The standard InChI is InChI=1S/C29H43N3O4/c1-21(2)32-15-8-11-23(20-32)30-29(33)25-19-27(36-18-17-34-3)24-12-7-13-26(28(24)31-25)35-16-14-22-9-5-4-6-10-22/h7,12-13,19,21-23H,4-6,8-11,14-18,20H2,1-3H3,(H,30,33)/t23-/m1/s1. The third kappa shape index (κ3) is 7.10. The van der Waals surface area contributed by atoms with Crippen molar-refractivity contribution < 1.29 is 19.0 Å². The van der Waals surface area contributed by atoms with Gasteiger partial charge in [-0.15, -0.1) is 0 Å². The number of methoxy groups -OCH3 is 1. The van der Waals surface area contributed by atoms with Crippen molar-refractivity contribution in [2.75, 3.05) is 40.0 Å². The van der Waals surface area contributed by atoms with Gasteiger partial charge in [-0.05, 0) is 57.7 Å². The maximum atomic E-state index is 13.3. The SMILES string of the molecule is COCCOc1cc(C(=O)N[C@@H]2CCCN(C(C)C)C2)nc2c(OCCC3CCCCC3)cccc12. The minimum atomic E-state index is -0.166. The number of hydrogen-bond donors (Lipinski definition) is 1. The van der Waals surface area contributed by atoms with Gasteiger partial charge in [0, 0.05) is 37.2 Å². The predicted octanol–water partition coefficient (Wildman–Crippen LogP) is 5.21. The molecule has 0 spiro atoms. The van der Waals surface area contributed by atoms with E-state index in [9.17, 15) is 4.79 Å². The Morgan fingerprint density at radius 1 is 1.06 bits per heavy atom. The molecule has 1 saturated carbocycles. The van der Waals surface area contributed by atoms with Gasteiger partial charge in [0.1, 0.15) is 29.3 Å². The molecule has 0 bridgehead atoms. The van der Waals surface area contributed by atoms with E-state index in [4.69, 9.17) is 19.2 Å². The van der Waals surface area contributed by atoms with Crippen LogP contribution in [-0.2, 0) is 4.74 Å². The maximum absolute atomic E-state index is 13.3. The molecule has 1 amide bonds. The van der Waals surface area contributed by atoms with Crippen LogP contribution in [0.5, 0.6) is 11.5 Å². The Bertz CT molecular complexity index is 990. The molecule has 1 N–H and O–H groups in total. The summed E-state index contributed by atoms with van der Waals surface area (Å²) in [5, 5.41) is 4.07. The third-order valence-electron chi connectivity index (χ3n) is 7.57. The number of amides is 1. The second kappa shape index (κ2) is 13.2. The van der Waals surface area contributed by atoms with Gasteiger partial charge < -0.3 is 19.5 Å². The Kier molecular flexibility index (Phi) is 9.82. The van der Waals surface area contributed by atoms with E-state index < -0.39 is 0 Å². The molecule has 1 aromatic heterocycles. The summed E-state index contributed by atoms with van der Waals surface area (Å²) >= 11 is 0. The van der Waals surface area contributed by atoms with Crippen LogP contribution in [0.2, 0.25) is 0 Å². The molecule has 1 aromatic carbocycles. The van der Waals surface area contributed by atoms with Crippen LogP contribution in [0.15, 0.2) is 24.3 Å². The first-order valence-corrected chi connectivity index (χ1v) is 13.8. The van der Waals surface area contributed by atoms with Gasteiger partial charge in [0.15, 0.2) is 0 Å². The molecule has 1 saturated heterocycles. The molecule has 1 atom stereocenters. The van der Waals surface area contributed by atoms with Gasteiger partial charge in [0.2, 0.25) is 0 Å². The van der Waals surface area contributed by atoms with E-state index in [0.717, 1.165) is 43.7 Å². The second-order valence-corrected chi connectivity index (χ2v) is 10.5. The van der Waals surface area contributed by atoms with Crippen LogP contribution in [0.1, 0.15) is 75.7 Å². The van der Waals surface area contributed by atoms with Crippen molar-refractivity contribution in [3.05, 3.63) is 30.0 Å². The van der Waals surface area contributed by atoms with Crippen LogP contribution in [0.25, 0.3) is 10.9 Å². The van der Waals surface area contributed by atoms with Gasteiger partial charge >= 0.3 is 0 Å². The van der Waals surface area contributed by atoms with Gasteiger partial charge in [-0.3, -0.25) is 9.69 Å². The minimum Gasteiger partial charge on any atom is -0.491 e. The number of hydrogen-bond acceptors (Lipinski definition) is 6. The summed E-state index contributed by atoms with van der Waals surface area (Å²) in [5.74, 6) is 1.92. The highest BCUT2D eigenvalue weighted by Gasteiger charge is 2.25. The van der Waals surface area contributed by atoms with Crippen LogP contribution >= 0.6 is 0 Å². The van der Waals surface area contributed by atoms with Crippen LogP contribution in [0, 0.1) is 5.92 Å². The maximum Gasteiger partial charge on any atom is 0.270 e. The van der Waals surface area contributed by atoms with Gasteiger partial charge in [-0.1, -0.05) is 38.2 Å². The number of ether oxygens (including phenoxy) is 3. The Balaban J connectivity index is 1.53. The summed E-state index contributed by atoms with van der Waals surface area (Å²) in [6, 6.07) is 8.22. The molecule has 2 aromatic rings. The second-order valence-electron chi connectivity index (χ2n) is 10.5. The molecule has 1 aliphatic carbocycles. The summed E-state index contributed by atoms with van der Waals surface area (Å²) in [6.45, 7) is 7.88. The number of nitrogens with one attached hydrogen (secondary N) is 1. The van der Waals surface area contributed by atoms with Crippen molar-refractivity contribution >= 4 is 16.8 Å². The monoisotopic (exact) mass is 497 g/mol. The molecule has 2 heterocycles. The van der Waals surface area contributed by atoms with E-state index in [1.54, 1.807) is 13.2 Å². The summed E-state index contributed by atoms with van der Waals surface area (Å²) in [4.78, 5) is 20.5. The molecular weight excluding hydrogens is 454 g/mol. The zero-order chi connectivity index (χ0) is 25.3. The molecular formula is C29H43N3O4. The highest BCUT2D eigenvalue weighted by Crippen LogP contribution is 2.33. The lowest BCUT2D eigenvalue weighted by Crippen LogP contribution is -2.49. The van der Waals surface area contributed by atoms with Gasteiger partial charge in [-0.25, -0.2) is 4.98 Å². The Morgan fingerprint density at radius 3 is 2.64 bits per heavy atom. The van der Waals surface area contributed by atoms with Crippen molar-refractivity contribution in [3.63, 3.8) is 0 Å². The first-order valence-electron chi connectivity index (χ1n) is 13.8. The van der Waals surface area contributed by atoms with Crippen LogP contribution in [0.3, 0.4) is 0 Å². The Morgan fingerprint density at radius 2 is 1.86 bits per heavy atom. The number of benzene rings is 1. The van der Waals surface area contributed by atoms with Crippen molar-refractivity contribution in [1.29, 1.82) is 0 Å². The molecule has 0 unspecified atom stereocenters. The summed E-state index contributed by atoms with van der Waals surface area (Å²) in [7, 11) is 1.65. The molecule has 36 heavy (non-hydrogen) atoms. The first-order chi connectivity index (χ1) is 17.5. The van der Waals surface area contributed by atoms with E-state index >= 15 is 0 Å². The smallest absolute Gasteiger partial charge is 0.270 e. The average molecular weight is 498 g/mol. The number of rotatable bonds is 11. The molecule has 1 aliphatic heterocycles. The van der Waals surface area contributed by atoms with E-state index in [1.807, 2.05) is 18.2 Å². The lowest BCUT2D eigenvalue weighted by Gasteiger charge is -2.35. The number of pyridine rings is 1. The fourth-order valence-electron chi connectivity index (χ4n) is 5.44. The molecule has 0 radical (unpaired) electrons. The van der Waals surface area contributed by atoms with Gasteiger partial charge in [-0.2, -0.15) is 0 Å². The van der Waals surface area contributed by atoms with Crippen LogP contribution in [0.4, 0.5) is 0 Å². The van der Waals surface area contributed by atoms with E-state index in [2.05, 4.69) is 24.1 Å². The quantitative estimate of drug-likeness (QED) is 0.430. The minimum absolute atomic E-state index is 0.117. The van der Waals surface area contributed by atoms with E-state index in [-0.39, 0.29) is 11.9 Å². The summed E-state index contributed by atoms with van der Waals surface area (Å²) < 4.78 is 17.4. The van der Waals surface area contributed by atoms with Crippen molar-refractivity contribution in [1.82, 2.24) is 15.2 Å². The van der Waals surface area contributed by atoms with Crippen molar-refractivity contribution in [2.24, 2.45) is 5.92 Å². The van der Waals surface area contributed by atoms with Gasteiger partial charge in [0.25, 0.3) is 5.91 Å².